The fraction of sp³-hybridized carbons (Fsp3) is 0.200. The van der Waals surface area contributed by atoms with E-state index in [1.54, 1.807) is 18.2 Å². The number of rotatable bonds is 4. The average Bonchev–Trinajstić information content (AvgIpc) is 3.01. The van der Waals surface area contributed by atoms with Crippen LogP contribution in [0.4, 0.5) is 20.5 Å². The number of aromatic nitrogens is 5. The number of nitrogens with zero attached hydrogens (tertiary/aromatic N) is 5. The predicted molar refractivity (Wildman–Crippen MR) is 102 cm³/mol. The number of fused-ring (bicyclic) bond motifs is 1. The van der Waals surface area contributed by atoms with Gasteiger partial charge in [0, 0.05) is 23.9 Å². The van der Waals surface area contributed by atoms with Crippen molar-refractivity contribution in [1.29, 1.82) is 0 Å². The van der Waals surface area contributed by atoms with Gasteiger partial charge in [0.25, 0.3) is 0 Å². The number of anilines is 2. The Balaban J connectivity index is 1.83. The van der Waals surface area contributed by atoms with E-state index in [4.69, 9.17) is 0 Å². The van der Waals surface area contributed by atoms with Crippen molar-refractivity contribution in [2.24, 2.45) is 0 Å². The fourth-order valence-corrected chi connectivity index (χ4v) is 3.20. The van der Waals surface area contributed by atoms with E-state index in [-0.39, 0.29) is 23.2 Å². The van der Waals surface area contributed by atoms with Crippen LogP contribution in [0.15, 0.2) is 36.7 Å². The Morgan fingerprint density at radius 3 is 2.64 bits per heavy atom. The summed E-state index contributed by atoms with van der Waals surface area (Å²) in [5, 5.41) is 2.90. The number of hydrogen-bond acceptors (Lipinski definition) is 5. The first-order chi connectivity index (χ1) is 13.4. The van der Waals surface area contributed by atoms with Crippen molar-refractivity contribution in [1.82, 2.24) is 24.5 Å². The van der Waals surface area contributed by atoms with Gasteiger partial charge in [0.2, 0.25) is 5.95 Å². The van der Waals surface area contributed by atoms with Gasteiger partial charge < -0.3 is 9.88 Å². The van der Waals surface area contributed by atoms with Crippen LogP contribution in [0.1, 0.15) is 25.7 Å². The monoisotopic (exact) mass is 379 g/mol. The minimum atomic E-state index is -0.647. The lowest BCUT2D eigenvalue weighted by molar-refractivity contribution is 0.600. The largest absolute Gasteiger partial charge is 0.326 e. The molecule has 0 fully saturated rings. The molecule has 4 aromatic rings. The normalized spacial score (nSPS) is 11.4. The summed E-state index contributed by atoms with van der Waals surface area (Å²) >= 11 is 0. The number of benzene rings is 1. The summed E-state index contributed by atoms with van der Waals surface area (Å²) in [5.41, 5.74) is 1.15. The summed E-state index contributed by atoms with van der Waals surface area (Å²) in [6, 6.07) is 9.18. The summed E-state index contributed by atoms with van der Waals surface area (Å²) in [6.07, 6.45) is 2.54. The highest BCUT2D eigenvalue weighted by Crippen LogP contribution is 2.30. The highest BCUT2D eigenvalue weighted by atomic mass is 19.1. The van der Waals surface area contributed by atoms with Crippen LogP contribution in [0.5, 0.6) is 0 Å². The van der Waals surface area contributed by atoms with Crippen LogP contribution >= 0.6 is 0 Å². The summed E-state index contributed by atoms with van der Waals surface area (Å²) < 4.78 is 31.1. The van der Waals surface area contributed by atoms with Gasteiger partial charge in [0.05, 0.1) is 11.7 Å². The van der Waals surface area contributed by atoms with Crippen LogP contribution in [0.3, 0.4) is 0 Å². The molecule has 1 aromatic carbocycles. The van der Waals surface area contributed by atoms with Crippen LogP contribution in [0.2, 0.25) is 0 Å². The molecule has 1 radical (unpaired) electrons. The third-order valence-electron chi connectivity index (χ3n) is 4.31. The second-order valence-corrected chi connectivity index (χ2v) is 6.61. The van der Waals surface area contributed by atoms with Crippen LogP contribution in [0, 0.1) is 24.6 Å². The Morgan fingerprint density at radius 1 is 1.11 bits per heavy atom. The van der Waals surface area contributed by atoms with Gasteiger partial charge in [-0.15, -0.1) is 0 Å². The zero-order valence-electron chi connectivity index (χ0n) is 15.5. The van der Waals surface area contributed by atoms with Crippen molar-refractivity contribution < 1.29 is 8.78 Å². The maximum absolute atomic E-state index is 14.7. The zero-order chi connectivity index (χ0) is 19.8. The second-order valence-electron chi connectivity index (χ2n) is 6.61. The molecule has 8 heteroatoms. The summed E-state index contributed by atoms with van der Waals surface area (Å²) in [6.45, 7) is 5.78. The smallest absolute Gasteiger partial charge is 0.229 e. The molecule has 0 saturated heterocycles. The lowest BCUT2D eigenvalue weighted by Gasteiger charge is -2.12. The molecule has 4 rings (SSSR count). The number of nitrogens with one attached hydrogen (secondary N) is 1. The van der Waals surface area contributed by atoms with Crippen molar-refractivity contribution in [3.63, 3.8) is 0 Å². The molecule has 1 N–H and O–H groups in total. The molecule has 0 unspecified atom stereocenters. The maximum atomic E-state index is 14.7. The summed E-state index contributed by atoms with van der Waals surface area (Å²) in [7, 11) is 0. The second kappa shape index (κ2) is 6.95. The van der Waals surface area contributed by atoms with E-state index in [2.05, 4.69) is 31.3 Å². The maximum Gasteiger partial charge on any atom is 0.229 e. The fourth-order valence-electron chi connectivity index (χ4n) is 3.20. The van der Waals surface area contributed by atoms with Crippen molar-refractivity contribution in [2.75, 3.05) is 5.32 Å². The highest BCUT2D eigenvalue weighted by Gasteiger charge is 2.18. The molecule has 0 spiro atoms. The average molecular weight is 379 g/mol. The van der Waals surface area contributed by atoms with Crippen molar-refractivity contribution >= 4 is 22.8 Å². The van der Waals surface area contributed by atoms with Gasteiger partial charge in [0.1, 0.15) is 22.9 Å². The lowest BCUT2D eigenvalue weighted by atomic mass is 10.1. The van der Waals surface area contributed by atoms with Crippen LogP contribution < -0.4 is 5.32 Å². The van der Waals surface area contributed by atoms with E-state index in [0.717, 1.165) is 6.20 Å². The van der Waals surface area contributed by atoms with Gasteiger partial charge in [-0.3, -0.25) is 0 Å². The van der Waals surface area contributed by atoms with E-state index in [9.17, 15) is 8.78 Å². The highest BCUT2D eigenvalue weighted by molar-refractivity contribution is 5.83. The van der Waals surface area contributed by atoms with Crippen LogP contribution in [0.25, 0.3) is 22.3 Å². The molecule has 0 amide bonds. The van der Waals surface area contributed by atoms with Crippen molar-refractivity contribution in [2.45, 2.75) is 26.8 Å². The number of pyridine rings is 1. The van der Waals surface area contributed by atoms with E-state index >= 15 is 0 Å². The van der Waals surface area contributed by atoms with E-state index in [0.29, 0.717) is 22.7 Å². The Labute approximate surface area is 160 Å². The van der Waals surface area contributed by atoms with Crippen molar-refractivity contribution in [3.8, 4) is 11.3 Å². The van der Waals surface area contributed by atoms with Gasteiger partial charge in [-0.05, 0) is 45.0 Å². The van der Waals surface area contributed by atoms with E-state index in [1.165, 1.54) is 12.3 Å². The standard InChI is InChI=1S/C20H17F2N6/c1-11(2)28-12(3)25-19-14(21)8-13(9-16(19)28)18-15(22)10-24-20(27-18)26-17-6-4-5-7-23-17/h4,6-11H,1-3H3,(H,23,24,26,27). The Hall–Kier alpha value is -3.42. The molecular weight excluding hydrogens is 362 g/mol. The zero-order valence-corrected chi connectivity index (χ0v) is 15.5. The Kier molecular flexibility index (Phi) is 4.46. The minimum absolute atomic E-state index is 0.00467. The molecule has 3 heterocycles. The molecule has 0 aliphatic carbocycles. The molecule has 0 saturated carbocycles. The number of hydrogen-bond donors (Lipinski definition) is 1. The first kappa shape index (κ1) is 18.0. The van der Waals surface area contributed by atoms with Gasteiger partial charge in [-0.2, -0.15) is 0 Å². The predicted octanol–water partition coefficient (Wildman–Crippen LogP) is 4.60. The van der Waals surface area contributed by atoms with Gasteiger partial charge in [0.15, 0.2) is 11.6 Å². The number of imidazole rings is 1. The van der Waals surface area contributed by atoms with E-state index in [1.807, 2.05) is 25.3 Å². The SMILES string of the molecule is Cc1nc2c(F)cc(-c3nc(Nc4cc[c]cn4)ncc3F)cc2n1C(C)C. The molecule has 28 heavy (non-hydrogen) atoms. The first-order valence-corrected chi connectivity index (χ1v) is 8.74. The Morgan fingerprint density at radius 2 is 1.93 bits per heavy atom. The summed E-state index contributed by atoms with van der Waals surface area (Å²) in [5.74, 6) is 0.169. The third kappa shape index (κ3) is 3.17. The molecule has 0 aliphatic rings. The first-order valence-electron chi connectivity index (χ1n) is 8.74. The molecular formula is C20H17F2N6. The lowest BCUT2D eigenvalue weighted by Crippen LogP contribution is -2.04. The molecule has 141 valence electrons. The molecule has 0 bridgehead atoms. The van der Waals surface area contributed by atoms with Crippen LogP contribution in [-0.2, 0) is 0 Å². The number of halogens is 2. The van der Waals surface area contributed by atoms with Gasteiger partial charge >= 0.3 is 0 Å². The van der Waals surface area contributed by atoms with E-state index < -0.39 is 11.6 Å². The molecule has 3 aromatic heterocycles. The molecule has 6 nitrogen and oxygen atoms in total. The third-order valence-corrected chi connectivity index (χ3v) is 4.31. The van der Waals surface area contributed by atoms with Crippen LogP contribution in [-0.4, -0.2) is 24.5 Å². The Bertz CT molecular complexity index is 1150. The molecule has 0 atom stereocenters. The van der Waals surface area contributed by atoms with Gasteiger partial charge in [-0.1, -0.05) is 0 Å². The topological polar surface area (TPSA) is 68.5 Å². The molecule has 0 aliphatic heterocycles. The van der Waals surface area contributed by atoms with Gasteiger partial charge in [-0.25, -0.2) is 28.7 Å². The number of aryl methyl sites for hydroxylation is 1. The summed E-state index contributed by atoms with van der Waals surface area (Å²) in [4.78, 5) is 16.5. The quantitative estimate of drug-likeness (QED) is 0.561. The minimum Gasteiger partial charge on any atom is -0.326 e. The van der Waals surface area contributed by atoms with Crippen molar-refractivity contribution in [3.05, 3.63) is 60.2 Å².